The monoisotopic (exact) mass is 610 g/mol. The van der Waals surface area contributed by atoms with Crippen molar-refractivity contribution in [2.45, 2.75) is 30.8 Å². The van der Waals surface area contributed by atoms with Crippen LogP contribution in [0.25, 0.3) is 0 Å². The smallest absolute Gasteiger partial charge is 0.303 e. The van der Waals surface area contributed by atoms with Gasteiger partial charge in [0.1, 0.15) is 0 Å². The van der Waals surface area contributed by atoms with E-state index in [1.807, 2.05) is 24.3 Å². The molecule has 1 aromatic heterocycles. The van der Waals surface area contributed by atoms with Crippen LogP contribution < -0.4 is 16.0 Å². The number of carboxylic acid groups (broad SMARTS) is 1. The van der Waals surface area contributed by atoms with Crippen LogP contribution in [0.1, 0.15) is 34.3 Å². The van der Waals surface area contributed by atoms with Gasteiger partial charge in [0.15, 0.2) is 5.11 Å². The Morgan fingerprint density at radius 2 is 1.64 bits per heavy atom. The lowest BCUT2D eigenvalue weighted by Crippen LogP contribution is -2.48. The number of amides is 1. The molecule has 2 heterocycles. The predicted octanol–water partition coefficient (Wildman–Crippen LogP) is 2.67. The first-order valence-electron chi connectivity index (χ1n) is 13.6. The van der Waals surface area contributed by atoms with Gasteiger partial charge in [-0.1, -0.05) is 18.2 Å². The first kappa shape index (κ1) is 31.0. The number of hydrogen-bond donors (Lipinski definition) is 4. The van der Waals surface area contributed by atoms with Crippen LogP contribution >= 0.6 is 12.2 Å². The number of carbonyl (C=O) groups is 2. The molecule has 4 rings (SSSR count). The largest absolute Gasteiger partial charge is 0.481 e. The van der Waals surface area contributed by atoms with Gasteiger partial charge in [-0.3, -0.25) is 19.5 Å². The van der Waals surface area contributed by atoms with Crippen LogP contribution in [0.15, 0.2) is 78.0 Å². The zero-order chi connectivity index (χ0) is 30.0. The number of nitrogens with zero attached hydrogens (tertiary/aromatic N) is 3. The predicted molar refractivity (Wildman–Crippen MR) is 163 cm³/mol. The van der Waals surface area contributed by atoms with Crippen LogP contribution in [-0.2, 0) is 27.9 Å². The quantitative estimate of drug-likeness (QED) is 0.179. The molecule has 2 aromatic carbocycles. The molecule has 13 heteroatoms. The average molecular weight is 611 g/mol. The van der Waals surface area contributed by atoms with Crippen LogP contribution in [0.2, 0.25) is 0 Å². The normalized spacial score (nSPS) is 14.2. The highest BCUT2D eigenvalue weighted by Gasteiger charge is 2.28. The fourth-order valence-corrected chi connectivity index (χ4v) is 6.02. The van der Waals surface area contributed by atoms with Crippen molar-refractivity contribution in [1.29, 1.82) is 0 Å². The van der Waals surface area contributed by atoms with Crippen molar-refractivity contribution in [3.05, 3.63) is 89.7 Å². The molecule has 0 atom stereocenters. The summed E-state index contributed by atoms with van der Waals surface area (Å²) in [4.78, 5) is 29.3. The van der Waals surface area contributed by atoms with E-state index in [2.05, 4.69) is 25.8 Å². The second-order valence-electron chi connectivity index (χ2n) is 9.82. The van der Waals surface area contributed by atoms with Gasteiger partial charge in [-0.25, -0.2) is 8.42 Å². The van der Waals surface area contributed by atoms with Gasteiger partial charge < -0.3 is 21.1 Å². The SMILES string of the molecule is O=C(O)CCCNC(=O)c1ccc(CN2CCN(S(=O)(=O)c3ccc(NC(=S)NCc4cccnc4)cc3)CC2)cc1. The second-order valence-corrected chi connectivity index (χ2v) is 12.2. The van der Waals surface area contributed by atoms with Crippen molar-refractivity contribution in [1.82, 2.24) is 24.8 Å². The highest BCUT2D eigenvalue weighted by molar-refractivity contribution is 7.89. The first-order valence-corrected chi connectivity index (χ1v) is 15.4. The molecule has 1 aliphatic heterocycles. The van der Waals surface area contributed by atoms with E-state index < -0.39 is 16.0 Å². The Labute approximate surface area is 251 Å². The van der Waals surface area contributed by atoms with E-state index in [9.17, 15) is 18.0 Å². The number of aromatic nitrogens is 1. The van der Waals surface area contributed by atoms with Gasteiger partial charge in [0.2, 0.25) is 10.0 Å². The summed E-state index contributed by atoms with van der Waals surface area (Å²) in [6.07, 6.45) is 3.85. The molecular weight excluding hydrogens is 576 g/mol. The number of carboxylic acids is 1. The highest BCUT2D eigenvalue weighted by atomic mass is 32.2. The number of thiocarbonyl (C=S) groups is 1. The number of rotatable bonds is 12. The van der Waals surface area contributed by atoms with E-state index in [4.69, 9.17) is 17.3 Å². The number of sulfonamides is 1. The lowest BCUT2D eigenvalue weighted by molar-refractivity contribution is -0.137. The molecule has 0 radical (unpaired) electrons. The number of anilines is 1. The second kappa shape index (κ2) is 14.8. The summed E-state index contributed by atoms with van der Waals surface area (Å²) in [5, 5.41) is 18.0. The van der Waals surface area contributed by atoms with Crippen LogP contribution in [0, 0.1) is 0 Å². The molecule has 42 heavy (non-hydrogen) atoms. The summed E-state index contributed by atoms with van der Waals surface area (Å²) < 4.78 is 28.0. The van der Waals surface area contributed by atoms with Crippen molar-refractivity contribution in [2.75, 3.05) is 38.0 Å². The van der Waals surface area contributed by atoms with Crippen molar-refractivity contribution in [2.24, 2.45) is 0 Å². The standard InChI is InChI=1S/C29H34N6O5S2/c36-27(37)4-2-14-31-28(38)24-7-5-22(6-8-24)21-34-15-17-35(18-16-34)42(39,40)26-11-9-25(10-12-26)33-29(41)32-20-23-3-1-13-30-19-23/h1,3,5-13,19H,2,4,14-18,20-21H2,(H,31,38)(H,36,37)(H2,32,33,41). The zero-order valence-electron chi connectivity index (χ0n) is 23.0. The van der Waals surface area contributed by atoms with E-state index in [0.717, 1.165) is 11.1 Å². The minimum absolute atomic E-state index is 0.0129. The van der Waals surface area contributed by atoms with Crippen molar-refractivity contribution in [3.63, 3.8) is 0 Å². The van der Waals surface area contributed by atoms with Gasteiger partial charge in [0.05, 0.1) is 4.90 Å². The van der Waals surface area contributed by atoms with Crippen molar-refractivity contribution >= 4 is 44.9 Å². The molecule has 0 bridgehead atoms. The minimum atomic E-state index is -3.63. The van der Waals surface area contributed by atoms with Gasteiger partial charge in [-0.05, 0) is 72.2 Å². The van der Waals surface area contributed by atoms with Crippen molar-refractivity contribution in [3.8, 4) is 0 Å². The minimum Gasteiger partial charge on any atom is -0.481 e. The van der Waals surface area contributed by atoms with Gasteiger partial charge in [-0.15, -0.1) is 0 Å². The third-order valence-corrected chi connectivity index (χ3v) is 8.89. The third kappa shape index (κ3) is 9.05. The Balaban J connectivity index is 1.22. The molecule has 3 aromatic rings. The molecule has 1 amide bonds. The summed E-state index contributed by atoms with van der Waals surface area (Å²) in [7, 11) is -3.63. The number of pyridine rings is 1. The molecule has 0 unspecified atom stereocenters. The average Bonchev–Trinajstić information content (AvgIpc) is 2.99. The topological polar surface area (TPSA) is 144 Å². The molecule has 0 aliphatic carbocycles. The van der Waals surface area contributed by atoms with Crippen LogP contribution in [0.3, 0.4) is 0 Å². The summed E-state index contributed by atoms with van der Waals surface area (Å²) in [5.74, 6) is -1.13. The molecule has 1 aliphatic rings. The molecule has 0 saturated carbocycles. The summed E-state index contributed by atoms with van der Waals surface area (Å²) in [5.41, 5.74) is 3.20. The molecule has 0 spiro atoms. The van der Waals surface area contributed by atoms with Crippen LogP contribution in [0.5, 0.6) is 0 Å². The van der Waals surface area contributed by atoms with E-state index in [1.54, 1.807) is 48.8 Å². The Morgan fingerprint density at radius 1 is 0.929 bits per heavy atom. The molecular formula is C29H34N6O5S2. The number of aliphatic carboxylic acids is 1. The lowest BCUT2D eigenvalue weighted by atomic mass is 10.1. The maximum absolute atomic E-state index is 13.2. The van der Waals surface area contributed by atoms with Crippen LogP contribution in [-0.4, -0.2) is 77.4 Å². The van der Waals surface area contributed by atoms with E-state index in [1.165, 1.54) is 4.31 Å². The number of nitrogens with one attached hydrogen (secondary N) is 3. The fourth-order valence-electron chi connectivity index (χ4n) is 4.41. The Bertz CT molecular complexity index is 1460. The maximum atomic E-state index is 13.2. The van der Waals surface area contributed by atoms with E-state index in [-0.39, 0.29) is 17.2 Å². The lowest BCUT2D eigenvalue weighted by Gasteiger charge is -2.34. The molecule has 11 nitrogen and oxygen atoms in total. The summed E-state index contributed by atoms with van der Waals surface area (Å²) in [6, 6.07) is 17.6. The number of carbonyl (C=O) groups excluding carboxylic acids is 1. The van der Waals surface area contributed by atoms with Gasteiger partial charge in [0.25, 0.3) is 5.91 Å². The van der Waals surface area contributed by atoms with Crippen LogP contribution in [0.4, 0.5) is 5.69 Å². The maximum Gasteiger partial charge on any atom is 0.303 e. The fraction of sp³-hybridized carbons (Fsp3) is 0.310. The number of benzene rings is 2. The van der Waals surface area contributed by atoms with E-state index in [0.29, 0.717) is 68.6 Å². The Kier molecular flexibility index (Phi) is 11.0. The van der Waals surface area contributed by atoms with Gasteiger partial charge in [-0.2, -0.15) is 4.31 Å². The van der Waals surface area contributed by atoms with Gasteiger partial charge >= 0.3 is 5.97 Å². The third-order valence-electron chi connectivity index (χ3n) is 6.73. The first-order chi connectivity index (χ1) is 20.2. The summed E-state index contributed by atoms with van der Waals surface area (Å²) in [6.45, 7) is 3.40. The van der Waals surface area contributed by atoms with Crippen molar-refractivity contribution < 1.29 is 23.1 Å². The number of hydrogen-bond acceptors (Lipinski definition) is 7. The van der Waals surface area contributed by atoms with E-state index >= 15 is 0 Å². The Hall–Kier alpha value is -3.91. The summed E-state index contributed by atoms with van der Waals surface area (Å²) >= 11 is 5.34. The molecule has 4 N–H and O–H groups in total. The van der Waals surface area contributed by atoms with Gasteiger partial charge in [0, 0.05) is 75.9 Å². The molecule has 1 saturated heterocycles. The Morgan fingerprint density at radius 3 is 2.29 bits per heavy atom. The number of piperazine rings is 1. The zero-order valence-corrected chi connectivity index (χ0v) is 24.7. The highest BCUT2D eigenvalue weighted by Crippen LogP contribution is 2.21. The molecule has 1 fully saturated rings. The molecule has 222 valence electrons.